The minimum atomic E-state index is -0.615. The molecule has 0 unspecified atom stereocenters. The van der Waals surface area contributed by atoms with Gasteiger partial charge in [0.25, 0.3) is 0 Å². The molecule has 0 radical (unpaired) electrons. The zero-order valence-electron chi connectivity index (χ0n) is 6.12. The lowest BCUT2D eigenvalue weighted by Crippen LogP contribution is -1.74. The fourth-order valence-electron chi connectivity index (χ4n) is 0.328. The molecule has 0 nitrogen and oxygen atoms in total. The topological polar surface area (TPSA) is 0 Å². The molecule has 10 heavy (non-hydrogen) atoms. The number of rotatable bonds is 2. The summed E-state index contributed by atoms with van der Waals surface area (Å²) in [5.41, 5.74) is 0.233. The van der Waals surface area contributed by atoms with Crippen LogP contribution in [0.25, 0.3) is 0 Å². The number of hydrogen-bond donors (Lipinski definition) is 0. The van der Waals surface area contributed by atoms with Gasteiger partial charge in [0.1, 0.15) is 11.7 Å². The van der Waals surface area contributed by atoms with Crippen LogP contribution in [-0.2, 0) is 0 Å². The lowest BCUT2D eigenvalue weighted by Gasteiger charge is -1.91. The predicted octanol–water partition coefficient (Wildman–Crippen LogP) is 3.29. The summed E-state index contributed by atoms with van der Waals surface area (Å²) in [6.45, 7) is 6.28. The third-order valence-corrected chi connectivity index (χ3v) is 0.948. The summed E-state index contributed by atoms with van der Waals surface area (Å²) in [5, 5.41) is 0. The van der Waals surface area contributed by atoms with Crippen LogP contribution < -0.4 is 0 Å². The first-order chi connectivity index (χ1) is 4.57. The lowest BCUT2D eigenvalue weighted by atomic mass is 10.3. The van der Waals surface area contributed by atoms with Crippen molar-refractivity contribution >= 4 is 0 Å². The Morgan fingerprint density at radius 1 is 1.40 bits per heavy atom. The first-order valence-electron chi connectivity index (χ1n) is 2.92. The number of halogens is 2. The molecule has 56 valence electrons. The van der Waals surface area contributed by atoms with Crippen molar-refractivity contribution in [2.45, 2.75) is 13.8 Å². The van der Waals surface area contributed by atoms with E-state index in [9.17, 15) is 8.78 Å². The van der Waals surface area contributed by atoms with E-state index in [-0.39, 0.29) is 5.57 Å². The molecule has 0 aliphatic heterocycles. The van der Waals surface area contributed by atoms with Gasteiger partial charge in [0.05, 0.1) is 0 Å². The second-order valence-electron chi connectivity index (χ2n) is 1.95. The maximum atomic E-state index is 12.4. The van der Waals surface area contributed by atoms with Crippen LogP contribution in [0.1, 0.15) is 13.8 Å². The van der Waals surface area contributed by atoms with E-state index < -0.39 is 11.7 Å². The maximum absolute atomic E-state index is 12.4. The van der Waals surface area contributed by atoms with Gasteiger partial charge in [-0.05, 0) is 19.4 Å². The summed E-state index contributed by atoms with van der Waals surface area (Å²) in [5.74, 6) is -1.20. The highest BCUT2D eigenvalue weighted by Crippen LogP contribution is 2.11. The van der Waals surface area contributed by atoms with Gasteiger partial charge in [0, 0.05) is 6.08 Å². The van der Waals surface area contributed by atoms with E-state index in [4.69, 9.17) is 0 Å². The van der Waals surface area contributed by atoms with Crippen LogP contribution >= 0.6 is 0 Å². The third kappa shape index (κ3) is 3.17. The molecular weight excluding hydrogens is 134 g/mol. The van der Waals surface area contributed by atoms with Crippen LogP contribution in [0.2, 0.25) is 0 Å². The SMILES string of the molecule is C=C(C)C(F)=CC(F)=CC. The molecule has 0 rings (SSSR count). The zero-order chi connectivity index (χ0) is 8.15. The lowest BCUT2D eigenvalue weighted by molar-refractivity contribution is 0.621. The van der Waals surface area contributed by atoms with E-state index in [0.29, 0.717) is 0 Å². The molecule has 2 heteroatoms. The van der Waals surface area contributed by atoms with Crippen LogP contribution in [0, 0.1) is 0 Å². The van der Waals surface area contributed by atoms with Crippen molar-refractivity contribution in [3.05, 3.63) is 36.0 Å². The molecule has 0 atom stereocenters. The zero-order valence-corrected chi connectivity index (χ0v) is 6.12. The largest absolute Gasteiger partial charge is 0.207 e. The fourth-order valence-corrected chi connectivity index (χ4v) is 0.328. The summed E-state index contributed by atoms with van der Waals surface area (Å²) in [7, 11) is 0. The van der Waals surface area contributed by atoms with E-state index >= 15 is 0 Å². The molecule has 0 spiro atoms. The van der Waals surface area contributed by atoms with Gasteiger partial charge in [-0.2, -0.15) is 0 Å². The normalized spacial score (nSPS) is 13.6. The molecule has 0 aromatic carbocycles. The van der Waals surface area contributed by atoms with E-state index in [1.165, 1.54) is 19.9 Å². The van der Waals surface area contributed by atoms with Crippen LogP contribution in [0.4, 0.5) is 8.78 Å². The van der Waals surface area contributed by atoms with Gasteiger partial charge >= 0.3 is 0 Å². The molecule has 0 aliphatic carbocycles. The van der Waals surface area contributed by atoms with Crippen molar-refractivity contribution in [3.63, 3.8) is 0 Å². The van der Waals surface area contributed by atoms with Crippen molar-refractivity contribution in [2.24, 2.45) is 0 Å². The standard InChI is InChI=1S/C8H10F2/c1-4-7(9)5-8(10)6(2)3/h4-5H,2H2,1,3H3. The second-order valence-corrected chi connectivity index (χ2v) is 1.95. The Labute approximate surface area is 59.6 Å². The minimum Gasteiger partial charge on any atom is -0.207 e. The Balaban J connectivity index is 4.31. The minimum absolute atomic E-state index is 0.233. The molecule has 0 heterocycles. The maximum Gasteiger partial charge on any atom is 0.128 e. The summed E-state index contributed by atoms with van der Waals surface area (Å²) in [6, 6.07) is 0. The highest BCUT2D eigenvalue weighted by Gasteiger charge is 1.95. The molecule has 0 amide bonds. The quantitative estimate of drug-likeness (QED) is 0.521. The summed E-state index contributed by atoms with van der Waals surface area (Å²) in [6.07, 6.45) is 1.99. The van der Waals surface area contributed by atoms with Crippen molar-refractivity contribution in [1.29, 1.82) is 0 Å². The monoisotopic (exact) mass is 144 g/mol. The molecular formula is C8H10F2. The smallest absolute Gasteiger partial charge is 0.128 e. The number of hydrogen-bond acceptors (Lipinski definition) is 0. The van der Waals surface area contributed by atoms with E-state index in [0.717, 1.165) is 6.08 Å². The number of allylic oxidation sites excluding steroid dienone is 5. The molecule has 0 aromatic heterocycles. The average Bonchev–Trinajstić information content (AvgIpc) is 1.87. The molecule has 0 saturated carbocycles. The van der Waals surface area contributed by atoms with Gasteiger partial charge < -0.3 is 0 Å². The molecule has 0 aliphatic rings. The summed E-state index contributed by atoms with van der Waals surface area (Å²) < 4.78 is 24.7. The molecule has 0 fully saturated rings. The third-order valence-electron chi connectivity index (χ3n) is 0.948. The van der Waals surface area contributed by atoms with Gasteiger partial charge in [0.15, 0.2) is 0 Å². The van der Waals surface area contributed by atoms with E-state index in [1.807, 2.05) is 0 Å². The average molecular weight is 144 g/mol. The first kappa shape index (κ1) is 9.08. The molecule has 0 saturated heterocycles. The first-order valence-corrected chi connectivity index (χ1v) is 2.92. The van der Waals surface area contributed by atoms with Crippen molar-refractivity contribution in [3.8, 4) is 0 Å². The Bertz CT molecular complexity index is 187. The fraction of sp³-hybridized carbons (Fsp3) is 0.250. The second kappa shape index (κ2) is 3.99. The van der Waals surface area contributed by atoms with Crippen LogP contribution in [0.3, 0.4) is 0 Å². The molecule has 0 bridgehead atoms. The Hall–Kier alpha value is -0.920. The predicted molar refractivity (Wildman–Crippen MR) is 38.9 cm³/mol. The van der Waals surface area contributed by atoms with E-state index in [1.54, 1.807) is 0 Å². The van der Waals surface area contributed by atoms with Crippen molar-refractivity contribution in [1.82, 2.24) is 0 Å². The van der Waals surface area contributed by atoms with Gasteiger partial charge in [-0.15, -0.1) is 0 Å². The molecule has 0 N–H and O–H groups in total. The van der Waals surface area contributed by atoms with Gasteiger partial charge in [-0.1, -0.05) is 12.7 Å². The van der Waals surface area contributed by atoms with Gasteiger partial charge in [-0.3, -0.25) is 0 Å². The van der Waals surface area contributed by atoms with Crippen molar-refractivity contribution in [2.75, 3.05) is 0 Å². The Morgan fingerprint density at radius 3 is 2.20 bits per heavy atom. The highest BCUT2D eigenvalue weighted by atomic mass is 19.1. The van der Waals surface area contributed by atoms with Crippen molar-refractivity contribution < 1.29 is 8.78 Å². The van der Waals surface area contributed by atoms with Gasteiger partial charge in [0.2, 0.25) is 0 Å². The van der Waals surface area contributed by atoms with Crippen LogP contribution in [0.15, 0.2) is 36.0 Å². The van der Waals surface area contributed by atoms with E-state index in [2.05, 4.69) is 6.58 Å². The highest BCUT2D eigenvalue weighted by molar-refractivity contribution is 5.26. The summed E-state index contributed by atoms with van der Waals surface area (Å²) in [4.78, 5) is 0. The molecule has 0 aromatic rings. The van der Waals surface area contributed by atoms with Crippen LogP contribution in [0.5, 0.6) is 0 Å². The Kier molecular flexibility index (Phi) is 3.62. The van der Waals surface area contributed by atoms with Gasteiger partial charge in [-0.25, -0.2) is 8.78 Å². The summed E-state index contributed by atoms with van der Waals surface area (Å²) >= 11 is 0. The van der Waals surface area contributed by atoms with Crippen LogP contribution in [-0.4, -0.2) is 0 Å². The Morgan fingerprint density at radius 2 is 1.90 bits per heavy atom.